The van der Waals surface area contributed by atoms with Gasteiger partial charge in [0.05, 0.1) is 28.1 Å². The molecule has 3 aromatic carbocycles. The second-order valence-electron chi connectivity index (χ2n) is 10.7. The van der Waals surface area contributed by atoms with Gasteiger partial charge in [0.25, 0.3) is 17.5 Å². The van der Waals surface area contributed by atoms with E-state index >= 15 is 0 Å². The fraction of sp³-hybridized carbons (Fsp3) is 0.290. The molecule has 5 rings (SSSR count). The van der Waals surface area contributed by atoms with Gasteiger partial charge in [-0.3, -0.25) is 19.7 Å². The minimum Gasteiger partial charge on any atom is -0.272 e. The number of benzene rings is 3. The fourth-order valence-electron chi connectivity index (χ4n) is 5.49. The van der Waals surface area contributed by atoms with Gasteiger partial charge in [0.1, 0.15) is 0 Å². The highest BCUT2D eigenvalue weighted by Gasteiger charge is 2.50. The number of hydrazone groups is 2. The zero-order valence-corrected chi connectivity index (χ0v) is 23.4. The van der Waals surface area contributed by atoms with Crippen LogP contribution < -0.4 is 10.0 Å². The minimum absolute atomic E-state index is 0.111. The van der Waals surface area contributed by atoms with Gasteiger partial charge < -0.3 is 0 Å². The number of non-ortho nitro benzene ring substituents is 1. The van der Waals surface area contributed by atoms with E-state index in [9.17, 15) is 19.7 Å². The number of rotatable bonds is 6. The Labute approximate surface area is 233 Å². The predicted octanol–water partition coefficient (Wildman–Crippen LogP) is 5.99. The van der Waals surface area contributed by atoms with Gasteiger partial charge in [-0.1, -0.05) is 24.3 Å². The smallest absolute Gasteiger partial charge is 0.269 e. The maximum absolute atomic E-state index is 14.1. The van der Waals surface area contributed by atoms with Crippen molar-refractivity contribution < 1.29 is 14.5 Å². The van der Waals surface area contributed by atoms with E-state index in [1.54, 1.807) is 26.0 Å². The molecule has 0 saturated carbocycles. The molecule has 0 radical (unpaired) electrons. The normalized spacial score (nSPS) is 19.6. The van der Waals surface area contributed by atoms with Gasteiger partial charge in [-0.15, -0.1) is 0 Å². The molecule has 0 N–H and O–H groups in total. The van der Waals surface area contributed by atoms with Crippen molar-refractivity contribution in [3.63, 3.8) is 0 Å². The molecule has 0 spiro atoms. The molecule has 0 bridgehead atoms. The summed E-state index contributed by atoms with van der Waals surface area (Å²) in [4.78, 5) is 39.3. The molecule has 0 fully saturated rings. The van der Waals surface area contributed by atoms with Crippen LogP contribution in [0.3, 0.4) is 0 Å². The third kappa shape index (κ3) is 4.57. The molecule has 0 aliphatic carbocycles. The Hall–Kier alpha value is -4.66. The van der Waals surface area contributed by atoms with E-state index in [0.29, 0.717) is 28.4 Å². The van der Waals surface area contributed by atoms with Crippen LogP contribution >= 0.6 is 0 Å². The number of carbonyl (C=O) groups is 2. The second kappa shape index (κ2) is 10.1. The molecule has 40 heavy (non-hydrogen) atoms. The monoisotopic (exact) mass is 537 g/mol. The number of carbonyl (C=O) groups excluding carboxylic acids is 2. The Morgan fingerprint density at radius 2 is 1.18 bits per heavy atom. The zero-order valence-electron chi connectivity index (χ0n) is 23.4. The topological polar surface area (TPSA) is 108 Å². The Morgan fingerprint density at radius 3 is 1.60 bits per heavy atom. The lowest BCUT2D eigenvalue weighted by atomic mass is 9.73. The molecular weight excluding hydrogens is 506 g/mol. The summed E-state index contributed by atoms with van der Waals surface area (Å²) in [6, 6.07) is 17.5. The van der Waals surface area contributed by atoms with E-state index in [2.05, 4.69) is 10.2 Å². The molecule has 9 heteroatoms. The first-order valence-electron chi connectivity index (χ1n) is 13.1. The van der Waals surface area contributed by atoms with Crippen LogP contribution in [-0.4, -0.2) is 28.2 Å². The first-order chi connectivity index (χ1) is 19.0. The lowest BCUT2D eigenvalue weighted by Crippen LogP contribution is -2.40. The molecule has 2 amide bonds. The van der Waals surface area contributed by atoms with Crippen LogP contribution in [0, 0.1) is 49.6 Å². The molecular formula is C31H31N5O4. The summed E-state index contributed by atoms with van der Waals surface area (Å²) in [5, 5.41) is 23.7. The summed E-state index contributed by atoms with van der Waals surface area (Å²) >= 11 is 0. The summed E-state index contributed by atoms with van der Waals surface area (Å²) in [6.45, 7) is 11.5. The average Bonchev–Trinajstić information content (AvgIpc) is 3.38. The molecule has 3 aromatic rings. The Morgan fingerprint density at radius 1 is 0.700 bits per heavy atom. The summed E-state index contributed by atoms with van der Waals surface area (Å²) in [5.74, 6) is -2.96. The fourth-order valence-corrected chi connectivity index (χ4v) is 5.49. The third-order valence-corrected chi connectivity index (χ3v) is 8.02. The largest absolute Gasteiger partial charge is 0.272 e. The maximum atomic E-state index is 14.1. The number of nitro benzene ring substituents is 1. The van der Waals surface area contributed by atoms with Gasteiger partial charge in [-0.05, 0) is 93.6 Å². The molecule has 2 heterocycles. The summed E-state index contributed by atoms with van der Waals surface area (Å²) in [7, 11) is 0. The van der Waals surface area contributed by atoms with E-state index in [0.717, 1.165) is 22.3 Å². The summed E-state index contributed by atoms with van der Waals surface area (Å²) < 4.78 is 0. The molecule has 204 valence electrons. The first-order valence-corrected chi connectivity index (χ1v) is 13.1. The van der Waals surface area contributed by atoms with Crippen molar-refractivity contribution in [3.05, 3.63) is 98.6 Å². The first kappa shape index (κ1) is 26.9. The van der Waals surface area contributed by atoms with Crippen molar-refractivity contribution in [2.45, 2.75) is 47.5 Å². The second-order valence-corrected chi connectivity index (χ2v) is 10.7. The van der Waals surface area contributed by atoms with Crippen LogP contribution in [0.15, 0.2) is 70.9 Å². The quantitative estimate of drug-likeness (QED) is 0.284. The van der Waals surface area contributed by atoms with Crippen molar-refractivity contribution in [1.82, 2.24) is 0 Å². The number of amides is 2. The van der Waals surface area contributed by atoms with E-state index in [4.69, 9.17) is 0 Å². The number of hydrogen-bond donors (Lipinski definition) is 0. The summed E-state index contributed by atoms with van der Waals surface area (Å²) in [5.41, 5.74) is 6.97. The third-order valence-electron chi connectivity index (χ3n) is 8.02. The molecule has 2 aliphatic heterocycles. The molecule has 2 unspecified atom stereocenters. The Balaban J connectivity index is 1.60. The number of anilines is 2. The molecule has 0 aromatic heterocycles. The lowest BCUT2D eigenvalue weighted by Gasteiger charge is -2.28. The highest BCUT2D eigenvalue weighted by Crippen LogP contribution is 2.43. The maximum Gasteiger partial charge on any atom is 0.269 e. The van der Waals surface area contributed by atoms with E-state index in [-0.39, 0.29) is 17.5 Å². The van der Waals surface area contributed by atoms with Gasteiger partial charge in [-0.2, -0.15) is 10.2 Å². The Bertz CT molecular complexity index is 1530. The van der Waals surface area contributed by atoms with Crippen LogP contribution in [0.2, 0.25) is 0 Å². The van der Waals surface area contributed by atoms with Gasteiger partial charge in [0.2, 0.25) is 0 Å². The molecule has 2 aliphatic rings. The number of nitro groups is 1. The van der Waals surface area contributed by atoms with Gasteiger partial charge in [0.15, 0.2) is 0 Å². The standard InChI is InChI=1S/C31H31N5O4/c1-17-10-12-24(14-19(17)3)34-30(37)27(21(5)32-34)29(23-8-7-9-26(16-23)36(39)40)28-22(6)33-35(31(28)38)25-13-11-18(2)20(4)15-25/h7-16,27-29H,1-6H3. The van der Waals surface area contributed by atoms with Crippen LogP contribution in [0.5, 0.6) is 0 Å². The molecule has 2 atom stereocenters. The molecule has 0 saturated heterocycles. The van der Waals surface area contributed by atoms with Crippen LogP contribution in [0.25, 0.3) is 0 Å². The van der Waals surface area contributed by atoms with Crippen molar-refractivity contribution in [2.24, 2.45) is 22.0 Å². The zero-order chi connectivity index (χ0) is 28.9. The van der Waals surface area contributed by atoms with Crippen molar-refractivity contribution >= 4 is 40.3 Å². The SMILES string of the molecule is CC1=NN(c2ccc(C)c(C)c2)C(=O)C1C(c1cccc([N+](=O)[O-])c1)C1C(=O)N(c2ccc(C)c(C)c2)N=C1C. The van der Waals surface area contributed by atoms with Crippen molar-refractivity contribution in [3.8, 4) is 0 Å². The van der Waals surface area contributed by atoms with Crippen LogP contribution in [0.4, 0.5) is 17.1 Å². The molecule has 9 nitrogen and oxygen atoms in total. The van der Waals surface area contributed by atoms with Crippen LogP contribution in [-0.2, 0) is 9.59 Å². The van der Waals surface area contributed by atoms with Gasteiger partial charge in [-0.25, -0.2) is 10.0 Å². The predicted molar refractivity (Wildman–Crippen MR) is 156 cm³/mol. The van der Waals surface area contributed by atoms with E-state index < -0.39 is 22.7 Å². The number of hydrogen-bond acceptors (Lipinski definition) is 6. The number of nitrogens with zero attached hydrogens (tertiary/aromatic N) is 5. The Kier molecular flexibility index (Phi) is 6.83. The summed E-state index contributed by atoms with van der Waals surface area (Å²) in [6.07, 6.45) is 0. The van der Waals surface area contributed by atoms with Gasteiger partial charge >= 0.3 is 0 Å². The van der Waals surface area contributed by atoms with Crippen LogP contribution in [0.1, 0.15) is 47.6 Å². The highest BCUT2D eigenvalue weighted by atomic mass is 16.6. The van der Waals surface area contributed by atoms with E-state index in [1.807, 2.05) is 64.1 Å². The number of aryl methyl sites for hydroxylation is 4. The van der Waals surface area contributed by atoms with Crippen molar-refractivity contribution in [1.29, 1.82) is 0 Å². The highest BCUT2D eigenvalue weighted by molar-refractivity contribution is 6.19. The average molecular weight is 538 g/mol. The lowest BCUT2D eigenvalue weighted by molar-refractivity contribution is -0.384. The van der Waals surface area contributed by atoms with Gasteiger partial charge in [0, 0.05) is 29.5 Å². The van der Waals surface area contributed by atoms with Crippen molar-refractivity contribution in [2.75, 3.05) is 10.0 Å². The van der Waals surface area contributed by atoms with E-state index in [1.165, 1.54) is 22.2 Å². The minimum atomic E-state index is -0.817.